The molecule has 9 nitrogen and oxygen atoms in total. The first-order chi connectivity index (χ1) is 36.5. The molecule has 4 aliphatic carbocycles. The second-order valence-corrected chi connectivity index (χ2v) is 25.0. The fraction of sp³-hybridized carbons (Fsp3) is 0.940. The van der Waals surface area contributed by atoms with Crippen molar-refractivity contribution >= 4 is 23.9 Å². The molecule has 0 spiro atoms. The van der Waals surface area contributed by atoms with Crippen LogP contribution in [-0.2, 0) is 38.1 Å². The van der Waals surface area contributed by atoms with Crippen LogP contribution in [0.15, 0.2) is 0 Å². The van der Waals surface area contributed by atoms with Crippen LogP contribution in [0.4, 0.5) is 0 Å². The standard InChI is InChI=1S/C41H69NO8.4C6H14.C2H6/c1-42(26-14-24-36(38(43)47-28-32-16-6-2-7-17-32)39(44)48-29-33-18-8-3-9-19-33)27-15-25-37(40(45)49-30-34-20-10-4-11-21-34)41(46)50-31-35-22-12-5-13-23-35;4*1-4-5-6(2)3;1-2/h32-37H,2-31H2,1H3;4*6H,4-5H2,1-3H3;1-2H3. The van der Waals surface area contributed by atoms with Crippen molar-refractivity contribution in [3.63, 3.8) is 0 Å². The molecule has 9 heteroatoms. The molecule has 0 atom stereocenters. The Morgan fingerprint density at radius 2 is 0.553 bits per heavy atom. The van der Waals surface area contributed by atoms with Gasteiger partial charge < -0.3 is 23.8 Å². The molecule has 0 unspecified atom stereocenters. The lowest BCUT2D eigenvalue weighted by Gasteiger charge is -2.25. The van der Waals surface area contributed by atoms with Crippen LogP contribution in [0.3, 0.4) is 0 Å². The summed E-state index contributed by atoms with van der Waals surface area (Å²) in [7, 11) is 2.00. The van der Waals surface area contributed by atoms with E-state index in [2.05, 4.69) is 88.0 Å². The summed E-state index contributed by atoms with van der Waals surface area (Å²) in [5.74, 6) is 1.52. The highest BCUT2D eigenvalue weighted by Crippen LogP contribution is 2.28. The average molecular weight is 1080 g/mol. The molecule has 0 aromatic rings. The maximum Gasteiger partial charge on any atom is 0.320 e. The predicted octanol–water partition coefficient (Wildman–Crippen LogP) is 19.0. The van der Waals surface area contributed by atoms with E-state index >= 15 is 0 Å². The highest BCUT2D eigenvalue weighted by molar-refractivity contribution is 5.95. The SMILES string of the molecule is CC.CCCC(C)C.CCCC(C)C.CCCC(C)C.CCCC(C)C.CN(CCCC(C(=O)OCC1CCCCC1)C(=O)OCC1CCCCC1)CCCC(C(=O)OCC1CCCCC1)C(=O)OCC1CCCCC1. The van der Waals surface area contributed by atoms with E-state index in [9.17, 15) is 19.2 Å². The fourth-order valence-corrected chi connectivity index (χ4v) is 10.8. The van der Waals surface area contributed by atoms with Gasteiger partial charge in [-0.3, -0.25) is 19.2 Å². The minimum atomic E-state index is -0.905. The molecule has 0 bridgehead atoms. The molecular formula is C67H131NO8. The lowest BCUT2D eigenvalue weighted by Crippen LogP contribution is -2.33. The summed E-state index contributed by atoms with van der Waals surface area (Å²) < 4.78 is 22.9. The quantitative estimate of drug-likeness (QED) is 0.0430. The van der Waals surface area contributed by atoms with Gasteiger partial charge in [-0.15, -0.1) is 0 Å². The zero-order chi connectivity index (χ0) is 57.4. The Morgan fingerprint density at radius 3 is 0.711 bits per heavy atom. The van der Waals surface area contributed by atoms with Crippen LogP contribution in [-0.4, -0.2) is 75.3 Å². The minimum Gasteiger partial charge on any atom is -0.465 e. The zero-order valence-corrected chi connectivity index (χ0v) is 53.4. The first-order valence-corrected chi connectivity index (χ1v) is 32.8. The van der Waals surface area contributed by atoms with Gasteiger partial charge in [0.05, 0.1) is 26.4 Å². The number of carbonyl (C=O) groups is 4. The molecule has 0 saturated heterocycles. The lowest BCUT2D eigenvalue weighted by atomic mass is 9.90. The van der Waals surface area contributed by atoms with Gasteiger partial charge in [0, 0.05) is 0 Å². The van der Waals surface area contributed by atoms with E-state index in [0.29, 0.717) is 88.9 Å². The van der Waals surface area contributed by atoms with Gasteiger partial charge in [-0.1, -0.05) is 225 Å². The Morgan fingerprint density at radius 1 is 0.355 bits per heavy atom. The van der Waals surface area contributed by atoms with Gasteiger partial charge >= 0.3 is 23.9 Å². The van der Waals surface area contributed by atoms with E-state index in [1.807, 2.05) is 20.9 Å². The summed E-state index contributed by atoms with van der Waals surface area (Å²) in [4.78, 5) is 55.0. The summed E-state index contributed by atoms with van der Waals surface area (Å²) in [6, 6.07) is 0. The van der Waals surface area contributed by atoms with E-state index in [1.54, 1.807) is 0 Å². The maximum atomic E-state index is 13.2. The number of esters is 4. The van der Waals surface area contributed by atoms with Gasteiger partial charge in [-0.2, -0.15) is 0 Å². The third kappa shape index (κ3) is 44.7. The van der Waals surface area contributed by atoms with E-state index in [4.69, 9.17) is 18.9 Å². The number of carbonyl (C=O) groups excluding carboxylic acids is 4. The van der Waals surface area contributed by atoms with Gasteiger partial charge in [0.15, 0.2) is 11.8 Å². The number of nitrogens with zero attached hydrogens (tertiary/aromatic N) is 1. The van der Waals surface area contributed by atoms with Gasteiger partial charge in [0.25, 0.3) is 0 Å². The van der Waals surface area contributed by atoms with Crippen molar-refractivity contribution in [1.82, 2.24) is 4.90 Å². The van der Waals surface area contributed by atoms with Crippen LogP contribution in [0.25, 0.3) is 0 Å². The van der Waals surface area contributed by atoms with Crippen LogP contribution < -0.4 is 0 Å². The summed E-state index contributed by atoms with van der Waals surface area (Å²) >= 11 is 0. The Bertz CT molecular complexity index is 1120. The molecule has 0 amide bonds. The van der Waals surface area contributed by atoms with E-state index in [-0.39, 0.29) is 0 Å². The van der Waals surface area contributed by atoms with Gasteiger partial charge in [-0.25, -0.2) is 0 Å². The Balaban J connectivity index is 0. The maximum absolute atomic E-state index is 13.2. The largest absolute Gasteiger partial charge is 0.465 e. The van der Waals surface area contributed by atoms with Crippen LogP contribution in [0.1, 0.15) is 302 Å². The van der Waals surface area contributed by atoms with Gasteiger partial charge in [0.1, 0.15) is 0 Å². The van der Waals surface area contributed by atoms with Crippen molar-refractivity contribution < 1.29 is 38.1 Å². The topological polar surface area (TPSA) is 108 Å². The lowest BCUT2D eigenvalue weighted by molar-refractivity contribution is -0.166. The smallest absolute Gasteiger partial charge is 0.320 e. The molecule has 452 valence electrons. The molecule has 4 aliphatic rings. The molecule has 0 aliphatic heterocycles. The summed E-state index contributed by atoms with van der Waals surface area (Å²) in [5.41, 5.74) is 0. The molecule has 4 saturated carbocycles. The highest BCUT2D eigenvalue weighted by atomic mass is 16.6. The number of hydrogen-bond acceptors (Lipinski definition) is 9. The van der Waals surface area contributed by atoms with Crippen molar-refractivity contribution in [2.75, 3.05) is 46.6 Å². The second kappa shape index (κ2) is 52.2. The van der Waals surface area contributed by atoms with Crippen molar-refractivity contribution in [2.45, 2.75) is 302 Å². The number of rotatable bonds is 28. The monoisotopic (exact) mass is 1080 g/mol. The fourth-order valence-electron chi connectivity index (χ4n) is 10.8. The van der Waals surface area contributed by atoms with Crippen molar-refractivity contribution in [2.24, 2.45) is 59.2 Å². The highest BCUT2D eigenvalue weighted by Gasteiger charge is 2.33. The molecule has 0 aromatic carbocycles. The van der Waals surface area contributed by atoms with Crippen LogP contribution >= 0.6 is 0 Å². The zero-order valence-electron chi connectivity index (χ0n) is 53.4. The molecule has 0 aromatic heterocycles. The first kappa shape index (κ1) is 75.9. The van der Waals surface area contributed by atoms with Crippen molar-refractivity contribution in [3.8, 4) is 0 Å². The van der Waals surface area contributed by atoms with Crippen LogP contribution in [0.5, 0.6) is 0 Å². The summed E-state index contributed by atoms with van der Waals surface area (Å²) in [5, 5.41) is 0. The molecule has 0 radical (unpaired) electrons. The first-order valence-electron chi connectivity index (χ1n) is 32.8. The van der Waals surface area contributed by atoms with Crippen molar-refractivity contribution in [3.05, 3.63) is 0 Å². The third-order valence-electron chi connectivity index (χ3n) is 15.4. The summed E-state index contributed by atoms with van der Waals surface area (Å²) in [6.07, 6.45) is 35.8. The minimum absolute atomic E-state index is 0.376. The predicted molar refractivity (Wildman–Crippen MR) is 323 cm³/mol. The molecule has 76 heavy (non-hydrogen) atoms. The van der Waals surface area contributed by atoms with Crippen molar-refractivity contribution in [1.29, 1.82) is 0 Å². The van der Waals surface area contributed by atoms with E-state index in [1.165, 1.54) is 128 Å². The Kier molecular flexibility index (Phi) is 52.2. The number of hydrogen-bond donors (Lipinski definition) is 0. The Hall–Kier alpha value is -2.16. The third-order valence-corrected chi connectivity index (χ3v) is 15.4. The van der Waals surface area contributed by atoms with Gasteiger partial charge in [0.2, 0.25) is 0 Å². The van der Waals surface area contributed by atoms with Gasteiger partial charge in [-0.05, 0) is 145 Å². The molecule has 4 fully saturated rings. The molecule has 0 N–H and O–H groups in total. The second-order valence-electron chi connectivity index (χ2n) is 25.0. The average Bonchev–Trinajstić information content (AvgIpc) is 3.40. The molecule has 4 rings (SSSR count). The van der Waals surface area contributed by atoms with Crippen LogP contribution in [0, 0.1) is 59.2 Å². The van der Waals surface area contributed by atoms with Crippen LogP contribution in [0.2, 0.25) is 0 Å². The molecule has 0 heterocycles. The Labute approximate surface area is 473 Å². The number of ether oxygens (including phenoxy) is 4. The van der Waals surface area contributed by atoms with E-state index < -0.39 is 35.7 Å². The summed E-state index contributed by atoms with van der Waals surface area (Å²) in [6.45, 7) is 33.8. The molecular weight excluding hydrogens is 947 g/mol. The van der Waals surface area contributed by atoms with E-state index in [0.717, 1.165) is 75.0 Å². The normalized spacial score (nSPS) is 16.6.